The summed E-state index contributed by atoms with van der Waals surface area (Å²) in [6, 6.07) is 8.36. The van der Waals surface area contributed by atoms with Crippen LogP contribution in [0, 0.1) is 6.92 Å². The lowest BCUT2D eigenvalue weighted by Gasteiger charge is -2.23. The average molecular weight is 311 g/mol. The first-order valence-electron chi connectivity index (χ1n) is 5.98. The van der Waals surface area contributed by atoms with Gasteiger partial charge >= 0.3 is 0 Å². The lowest BCUT2D eigenvalue weighted by Crippen LogP contribution is -2.34. The molecule has 0 bridgehead atoms. The van der Waals surface area contributed by atoms with Crippen molar-refractivity contribution in [2.75, 3.05) is 24.5 Å². The maximum absolute atomic E-state index is 11.3. The number of carbonyl (C=O) groups is 1. The number of rotatable bonds is 6. The minimum Gasteiger partial charge on any atom is -0.370 e. The van der Waals surface area contributed by atoms with Crippen molar-refractivity contribution < 1.29 is 4.79 Å². The fourth-order valence-electron chi connectivity index (χ4n) is 1.69. The zero-order chi connectivity index (χ0) is 13.5. The molecule has 0 heterocycles. The van der Waals surface area contributed by atoms with Gasteiger partial charge in [-0.3, -0.25) is 4.79 Å². The highest BCUT2D eigenvalue weighted by molar-refractivity contribution is 9.12. The molecule has 4 heteroatoms. The predicted octanol–water partition coefficient (Wildman–Crippen LogP) is 2.85. The molecule has 0 aliphatic carbocycles. The monoisotopic (exact) mass is 310 g/mol. The van der Waals surface area contributed by atoms with E-state index in [0.29, 0.717) is 11.0 Å². The van der Waals surface area contributed by atoms with E-state index in [2.05, 4.69) is 64.8 Å². The Morgan fingerprint density at radius 3 is 2.78 bits per heavy atom. The second-order valence-electron chi connectivity index (χ2n) is 4.08. The number of anilines is 1. The molecule has 1 amide bonds. The molecule has 1 aromatic rings. The molecule has 3 nitrogen and oxygen atoms in total. The van der Waals surface area contributed by atoms with Gasteiger partial charge in [-0.15, -0.1) is 0 Å². The van der Waals surface area contributed by atoms with E-state index in [1.165, 1.54) is 11.3 Å². The van der Waals surface area contributed by atoms with Crippen LogP contribution in [0.15, 0.2) is 35.3 Å². The van der Waals surface area contributed by atoms with Gasteiger partial charge in [0.1, 0.15) is 0 Å². The van der Waals surface area contributed by atoms with Crippen LogP contribution < -0.4 is 10.2 Å². The smallest absolute Gasteiger partial charge is 0.257 e. The number of likely N-dealkylation sites (N-methyl/N-ethyl adjacent to an activating group) is 1. The molecule has 0 aliphatic rings. The fraction of sp³-hybridized carbons (Fsp3) is 0.357. The third-order valence-corrected chi connectivity index (χ3v) is 3.02. The Bertz CT molecular complexity index is 432. The maximum atomic E-state index is 11.3. The van der Waals surface area contributed by atoms with Crippen molar-refractivity contribution in [3.8, 4) is 0 Å². The van der Waals surface area contributed by atoms with Crippen molar-refractivity contribution in [3.63, 3.8) is 0 Å². The minimum absolute atomic E-state index is 0.157. The summed E-state index contributed by atoms with van der Waals surface area (Å²) in [5, 5.41) is 2.80. The SMILES string of the molecule is C=C(Br)C(=O)NCCN(CC)c1cccc(C)c1. The normalized spacial score (nSPS) is 9.94. The Morgan fingerprint density at radius 1 is 1.50 bits per heavy atom. The number of nitrogens with one attached hydrogen (secondary N) is 1. The molecule has 0 atom stereocenters. The first-order chi connectivity index (χ1) is 8.54. The summed E-state index contributed by atoms with van der Waals surface area (Å²) in [4.78, 5) is 13.6. The summed E-state index contributed by atoms with van der Waals surface area (Å²) in [6.07, 6.45) is 0. The molecule has 0 fully saturated rings. The molecule has 0 saturated heterocycles. The second kappa shape index (κ2) is 7.21. The van der Waals surface area contributed by atoms with E-state index in [1.54, 1.807) is 0 Å². The van der Waals surface area contributed by atoms with E-state index in [9.17, 15) is 4.79 Å². The van der Waals surface area contributed by atoms with Crippen LogP contribution in [0.25, 0.3) is 0 Å². The number of hydrogen-bond donors (Lipinski definition) is 1. The number of nitrogens with zero attached hydrogens (tertiary/aromatic N) is 1. The van der Waals surface area contributed by atoms with E-state index in [1.807, 2.05) is 6.07 Å². The van der Waals surface area contributed by atoms with Crippen molar-refractivity contribution in [1.82, 2.24) is 5.32 Å². The van der Waals surface area contributed by atoms with Gasteiger partial charge in [0.05, 0.1) is 4.48 Å². The van der Waals surface area contributed by atoms with Gasteiger partial charge in [-0.1, -0.05) is 18.7 Å². The number of hydrogen-bond acceptors (Lipinski definition) is 2. The van der Waals surface area contributed by atoms with Gasteiger partial charge < -0.3 is 10.2 Å². The maximum Gasteiger partial charge on any atom is 0.257 e. The Kier molecular flexibility index (Phi) is 5.92. The van der Waals surface area contributed by atoms with Crippen LogP contribution in [0.3, 0.4) is 0 Å². The van der Waals surface area contributed by atoms with E-state index in [4.69, 9.17) is 0 Å². The fourth-order valence-corrected chi connectivity index (χ4v) is 1.83. The van der Waals surface area contributed by atoms with Crippen LogP contribution in [0.2, 0.25) is 0 Å². The van der Waals surface area contributed by atoms with Gasteiger partial charge in [-0.2, -0.15) is 0 Å². The number of aryl methyl sites for hydroxylation is 1. The second-order valence-corrected chi connectivity index (χ2v) is 5.04. The quantitative estimate of drug-likeness (QED) is 0.819. The van der Waals surface area contributed by atoms with Crippen molar-refractivity contribution in [3.05, 3.63) is 40.9 Å². The first-order valence-corrected chi connectivity index (χ1v) is 6.78. The van der Waals surface area contributed by atoms with Gasteiger partial charge in [0, 0.05) is 25.3 Å². The zero-order valence-electron chi connectivity index (χ0n) is 10.9. The van der Waals surface area contributed by atoms with E-state index < -0.39 is 0 Å². The molecule has 1 N–H and O–H groups in total. The van der Waals surface area contributed by atoms with Crippen molar-refractivity contribution in [1.29, 1.82) is 0 Å². The summed E-state index contributed by atoms with van der Waals surface area (Å²) >= 11 is 3.06. The summed E-state index contributed by atoms with van der Waals surface area (Å²) < 4.78 is 0.362. The Balaban J connectivity index is 2.53. The summed E-state index contributed by atoms with van der Waals surface area (Å²) in [5.41, 5.74) is 2.42. The number of halogens is 1. The van der Waals surface area contributed by atoms with Crippen molar-refractivity contribution >= 4 is 27.5 Å². The molecule has 0 aromatic heterocycles. The topological polar surface area (TPSA) is 32.3 Å². The Labute approximate surface area is 117 Å². The molecule has 0 aliphatic heterocycles. The number of benzene rings is 1. The molecule has 1 rings (SSSR count). The van der Waals surface area contributed by atoms with Crippen LogP contribution in [-0.4, -0.2) is 25.5 Å². The first kappa shape index (κ1) is 14.8. The van der Waals surface area contributed by atoms with Crippen LogP contribution in [-0.2, 0) is 4.79 Å². The molecule has 0 radical (unpaired) electrons. The molecular weight excluding hydrogens is 292 g/mol. The van der Waals surface area contributed by atoms with E-state index in [0.717, 1.165) is 13.1 Å². The van der Waals surface area contributed by atoms with Gasteiger partial charge in [-0.25, -0.2) is 0 Å². The molecule has 0 spiro atoms. The average Bonchev–Trinajstić information content (AvgIpc) is 2.34. The molecular formula is C14H19BrN2O. The third-order valence-electron chi connectivity index (χ3n) is 2.66. The zero-order valence-corrected chi connectivity index (χ0v) is 12.5. The lowest BCUT2D eigenvalue weighted by molar-refractivity contribution is -0.116. The summed E-state index contributed by atoms with van der Waals surface area (Å²) in [6.45, 7) is 10.0. The molecule has 0 saturated carbocycles. The van der Waals surface area contributed by atoms with Crippen LogP contribution in [0.5, 0.6) is 0 Å². The van der Waals surface area contributed by atoms with Crippen LogP contribution >= 0.6 is 15.9 Å². The minimum atomic E-state index is -0.157. The van der Waals surface area contributed by atoms with Crippen LogP contribution in [0.1, 0.15) is 12.5 Å². The third kappa shape index (κ3) is 4.53. The molecule has 18 heavy (non-hydrogen) atoms. The summed E-state index contributed by atoms with van der Waals surface area (Å²) in [5.74, 6) is -0.157. The van der Waals surface area contributed by atoms with Gasteiger partial charge in [-0.05, 0) is 47.5 Å². The highest BCUT2D eigenvalue weighted by Crippen LogP contribution is 2.14. The van der Waals surface area contributed by atoms with Crippen LogP contribution in [0.4, 0.5) is 5.69 Å². The Morgan fingerprint density at radius 2 is 2.22 bits per heavy atom. The standard InChI is InChI=1S/C14H19BrN2O/c1-4-17(9-8-16-14(18)12(3)15)13-7-5-6-11(2)10-13/h5-7,10H,3-4,8-9H2,1-2H3,(H,16,18). The highest BCUT2D eigenvalue weighted by atomic mass is 79.9. The van der Waals surface area contributed by atoms with E-state index >= 15 is 0 Å². The summed E-state index contributed by atoms with van der Waals surface area (Å²) in [7, 11) is 0. The van der Waals surface area contributed by atoms with Crippen molar-refractivity contribution in [2.45, 2.75) is 13.8 Å². The predicted molar refractivity (Wildman–Crippen MR) is 80.1 cm³/mol. The van der Waals surface area contributed by atoms with E-state index in [-0.39, 0.29) is 5.91 Å². The van der Waals surface area contributed by atoms with Gasteiger partial charge in [0.25, 0.3) is 5.91 Å². The molecule has 1 aromatic carbocycles. The van der Waals surface area contributed by atoms with Crippen molar-refractivity contribution in [2.24, 2.45) is 0 Å². The largest absolute Gasteiger partial charge is 0.370 e. The lowest BCUT2D eigenvalue weighted by atomic mass is 10.2. The number of carbonyl (C=O) groups excluding carboxylic acids is 1. The number of amides is 1. The Hall–Kier alpha value is -1.29. The van der Waals surface area contributed by atoms with Gasteiger partial charge in [0.15, 0.2) is 0 Å². The molecule has 98 valence electrons. The molecule has 0 unspecified atom stereocenters. The highest BCUT2D eigenvalue weighted by Gasteiger charge is 2.06. The van der Waals surface area contributed by atoms with Gasteiger partial charge in [0.2, 0.25) is 0 Å².